The standard InChI is InChI=1S/C13H22N4O.C12H19ClN4O/c1-10-12(8-14-17(3)13(10)18)15-11-6-4-5-7-16(2)9-11;1-16-6-4-3-5-9(8-16)15-10-7-14-17(2)12(18)11(10)13/h8,11,15H,4-7,9H2,1-3H3;7,9,15H,3-6,8H2,1-2H3. The maximum Gasteiger partial charge on any atom is 0.287 e. The summed E-state index contributed by atoms with van der Waals surface area (Å²) >= 11 is 6.05. The quantitative estimate of drug-likeness (QED) is 0.633. The maximum atomic E-state index is 11.8. The third-order valence-electron chi connectivity index (χ3n) is 6.93. The van der Waals surface area contributed by atoms with E-state index in [0.29, 0.717) is 17.8 Å². The highest BCUT2D eigenvalue weighted by molar-refractivity contribution is 6.32. The van der Waals surface area contributed by atoms with Gasteiger partial charge in [-0.25, -0.2) is 9.36 Å². The van der Waals surface area contributed by atoms with Crippen LogP contribution in [0.25, 0.3) is 0 Å². The van der Waals surface area contributed by atoms with Crippen molar-refractivity contribution in [3.63, 3.8) is 0 Å². The molecule has 36 heavy (non-hydrogen) atoms. The van der Waals surface area contributed by atoms with Gasteiger partial charge in [-0.05, 0) is 59.8 Å². The molecule has 0 saturated carbocycles. The van der Waals surface area contributed by atoms with Crippen molar-refractivity contribution in [3.8, 4) is 0 Å². The van der Waals surface area contributed by atoms with Gasteiger partial charge in [0.2, 0.25) is 0 Å². The van der Waals surface area contributed by atoms with Crippen LogP contribution in [0.4, 0.5) is 11.4 Å². The molecule has 0 amide bonds. The van der Waals surface area contributed by atoms with E-state index in [2.05, 4.69) is 44.7 Å². The number of halogens is 1. The molecule has 0 spiro atoms. The summed E-state index contributed by atoms with van der Waals surface area (Å²) in [5.41, 5.74) is 1.98. The highest BCUT2D eigenvalue weighted by atomic mass is 35.5. The fraction of sp³-hybridized carbons (Fsp3) is 0.680. The van der Waals surface area contributed by atoms with Crippen LogP contribution in [-0.4, -0.2) is 81.7 Å². The zero-order valence-electron chi connectivity index (χ0n) is 22.3. The number of hydrogen-bond acceptors (Lipinski definition) is 8. The van der Waals surface area contributed by atoms with Crippen molar-refractivity contribution < 1.29 is 0 Å². The third kappa shape index (κ3) is 7.78. The van der Waals surface area contributed by atoms with Crippen LogP contribution in [-0.2, 0) is 14.1 Å². The zero-order chi connectivity index (χ0) is 26.2. The van der Waals surface area contributed by atoms with Gasteiger partial charge in [0.15, 0.2) is 0 Å². The van der Waals surface area contributed by atoms with Crippen LogP contribution in [0, 0.1) is 6.92 Å². The maximum absolute atomic E-state index is 11.8. The van der Waals surface area contributed by atoms with Gasteiger partial charge in [-0.1, -0.05) is 24.4 Å². The topological polar surface area (TPSA) is 100 Å². The molecule has 2 aromatic rings. The summed E-state index contributed by atoms with van der Waals surface area (Å²) in [5, 5.41) is 15.1. The number of rotatable bonds is 4. The SMILES string of the molecule is CN1CCCCC(Nc2cnn(C)c(=O)c2Cl)C1.Cc1c(NC2CCCCN(C)C2)cnn(C)c1=O. The predicted octanol–water partition coefficient (Wildman–Crippen LogP) is 2.31. The van der Waals surface area contributed by atoms with E-state index in [1.807, 2.05) is 6.92 Å². The summed E-state index contributed by atoms with van der Waals surface area (Å²) in [5.74, 6) is 0. The van der Waals surface area contributed by atoms with Crippen LogP contribution in [0.2, 0.25) is 5.02 Å². The van der Waals surface area contributed by atoms with Gasteiger partial charge in [0.1, 0.15) is 5.02 Å². The molecular formula is C25H41ClN8O2. The monoisotopic (exact) mass is 520 g/mol. The first-order valence-corrected chi connectivity index (χ1v) is 13.2. The first-order valence-electron chi connectivity index (χ1n) is 12.8. The van der Waals surface area contributed by atoms with E-state index in [1.165, 1.54) is 35.0 Å². The molecule has 0 aromatic carbocycles. The molecule has 2 aromatic heterocycles. The van der Waals surface area contributed by atoms with Gasteiger partial charge in [-0.15, -0.1) is 0 Å². The van der Waals surface area contributed by atoms with E-state index in [1.54, 1.807) is 26.5 Å². The molecular weight excluding hydrogens is 480 g/mol. The molecule has 2 saturated heterocycles. The molecule has 2 aliphatic heterocycles. The number of likely N-dealkylation sites (N-methyl/N-ethyl adjacent to an activating group) is 2. The van der Waals surface area contributed by atoms with Crippen LogP contribution in [0.3, 0.4) is 0 Å². The summed E-state index contributed by atoms with van der Waals surface area (Å²) in [6, 6.07) is 0.731. The van der Waals surface area contributed by atoms with Crippen molar-refractivity contribution in [1.82, 2.24) is 29.4 Å². The molecule has 2 N–H and O–H groups in total. The Morgan fingerprint density at radius 3 is 1.81 bits per heavy atom. The lowest BCUT2D eigenvalue weighted by atomic mass is 10.1. The molecule has 4 heterocycles. The Balaban J connectivity index is 0.000000201. The second-order valence-corrected chi connectivity index (χ2v) is 10.5. The van der Waals surface area contributed by atoms with E-state index in [4.69, 9.17) is 11.6 Å². The molecule has 0 bridgehead atoms. The Hall–Kier alpha value is -2.43. The molecule has 0 aliphatic carbocycles. The lowest BCUT2D eigenvalue weighted by molar-refractivity contribution is 0.339. The van der Waals surface area contributed by atoms with Gasteiger partial charge >= 0.3 is 0 Å². The second kappa shape index (κ2) is 13.2. The first kappa shape index (κ1) is 28.1. The van der Waals surface area contributed by atoms with Crippen molar-refractivity contribution in [3.05, 3.63) is 43.7 Å². The minimum Gasteiger partial charge on any atom is -0.379 e. The number of anilines is 2. The van der Waals surface area contributed by atoms with Crippen molar-refractivity contribution in [1.29, 1.82) is 0 Å². The van der Waals surface area contributed by atoms with Crippen molar-refractivity contribution in [2.75, 3.05) is 50.9 Å². The Morgan fingerprint density at radius 1 is 0.778 bits per heavy atom. The number of hydrogen-bond donors (Lipinski definition) is 2. The van der Waals surface area contributed by atoms with Crippen LogP contribution in [0.1, 0.15) is 44.1 Å². The molecule has 0 radical (unpaired) electrons. The Labute approximate surface area is 218 Å². The smallest absolute Gasteiger partial charge is 0.287 e. The van der Waals surface area contributed by atoms with Gasteiger partial charge in [-0.2, -0.15) is 10.2 Å². The average molecular weight is 521 g/mol. The Bertz CT molecular complexity index is 1030. The molecule has 10 nitrogen and oxygen atoms in total. The number of nitrogens with one attached hydrogen (secondary N) is 2. The Morgan fingerprint density at radius 2 is 1.25 bits per heavy atom. The predicted molar refractivity (Wildman–Crippen MR) is 146 cm³/mol. The van der Waals surface area contributed by atoms with Gasteiger partial charge in [-0.3, -0.25) is 9.59 Å². The second-order valence-electron chi connectivity index (χ2n) is 10.1. The highest BCUT2D eigenvalue weighted by Crippen LogP contribution is 2.20. The molecule has 2 fully saturated rings. The molecule has 2 aliphatic rings. The number of nitrogens with zero attached hydrogens (tertiary/aromatic N) is 6. The van der Waals surface area contributed by atoms with Crippen LogP contribution >= 0.6 is 11.6 Å². The molecule has 200 valence electrons. The van der Waals surface area contributed by atoms with Gasteiger partial charge in [0, 0.05) is 44.8 Å². The Kier molecular flexibility index (Phi) is 10.3. The lowest BCUT2D eigenvalue weighted by Gasteiger charge is -2.22. The number of aromatic nitrogens is 4. The summed E-state index contributed by atoms with van der Waals surface area (Å²) < 4.78 is 2.62. The van der Waals surface area contributed by atoms with E-state index in [-0.39, 0.29) is 16.1 Å². The van der Waals surface area contributed by atoms with E-state index in [9.17, 15) is 9.59 Å². The largest absolute Gasteiger partial charge is 0.379 e. The third-order valence-corrected chi connectivity index (χ3v) is 7.29. The van der Waals surface area contributed by atoms with Gasteiger partial charge in [0.25, 0.3) is 11.1 Å². The summed E-state index contributed by atoms with van der Waals surface area (Å²) in [4.78, 5) is 28.1. The van der Waals surface area contributed by atoms with E-state index < -0.39 is 0 Å². The van der Waals surface area contributed by atoms with Crippen molar-refractivity contribution in [2.24, 2.45) is 14.1 Å². The average Bonchev–Trinajstić information content (AvgIpc) is 3.19. The number of aryl methyl sites for hydroxylation is 2. The lowest BCUT2D eigenvalue weighted by Crippen LogP contribution is -2.34. The molecule has 2 unspecified atom stereocenters. The minimum atomic E-state index is -0.261. The summed E-state index contributed by atoms with van der Waals surface area (Å²) in [6.45, 7) is 6.12. The van der Waals surface area contributed by atoms with Crippen LogP contribution < -0.4 is 21.8 Å². The van der Waals surface area contributed by atoms with E-state index in [0.717, 1.165) is 50.3 Å². The zero-order valence-corrected chi connectivity index (χ0v) is 23.0. The molecule has 11 heteroatoms. The minimum absolute atomic E-state index is 0.0259. The fourth-order valence-electron chi connectivity index (χ4n) is 4.75. The van der Waals surface area contributed by atoms with Crippen LogP contribution in [0.15, 0.2) is 22.0 Å². The van der Waals surface area contributed by atoms with Crippen molar-refractivity contribution >= 4 is 23.0 Å². The molecule has 2 atom stereocenters. The first-order chi connectivity index (χ1) is 17.2. The number of likely N-dealkylation sites (tertiary alicyclic amines) is 2. The summed E-state index contributed by atoms with van der Waals surface area (Å²) in [6.07, 6.45) is 10.5. The van der Waals surface area contributed by atoms with Crippen molar-refractivity contribution in [2.45, 2.75) is 57.5 Å². The van der Waals surface area contributed by atoms with Gasteiger partial charge in [0.05, 0.1) is 23.8 Å². The normalized spacial score (nSPS) is 21.6. The molecule has 4 rings (SSSR count). The highest BCUT2D eigenvalue weighted by Gasteiger charge is 2.18. The van der Waals surface area contributed by atoms with Crippen LogP contribution in [0.5, 0.6) is 0 Å². The fourth-order valence-corrected chi connectivity index (χ4v) is 4.97. The van der Waals surface area contributed by atoms with Gasteiger partial charge < -0.3 is 20.4 Å². The van der Waals surface area contributed by atoms with E-state index >= 15 is 0 Å². The summed E-state index contributed by atoms with van der Waals surface area (Å²) in [7, 11) is 7.54.